The molecule has 0 spiro atoms. The van der Waals surface area contributed by atoms with Crippen LogP contribution in [-0.2, 0) is 4.79 Å². The van der Waals surface area contributed by atoms with E-state index in [1.165, 1.54) is 25.3 Å². The van der Waals surface area contributed by atoms with Crippen LogP contribution in [0.1, 0.15) is 38.2 Å². The van der Waals surface area contributed by atoms with Gasteiger partial charge in [0.25, 0.3) is 5.91 Å². The van der Waals surface area contributed by atoms with E-state index in [1.807, 2.05) is 12.1 Å². The van der Waals surface area contributed by atoms with Crippen LogP contribution >= 0.6 is 0 Å². The van der Waals surface area contributed by atoms with E-state index in [-0.39, 0.29) is 5.57 Å². The third-order valence-electron chi connectivity index (χ3n) is 2.84. The second-order valence-corrected chi connectivity index (χ2v) is 4.51. The van der Waals surface area contributed by atoms with Gasteiger partial charge >= 0.3 is 0 Å². The van der Waals surface area contributed by atoms with E-state index in [4.69, 9.17) is 15.7 Å². The zero-order chi connectivity index (χ0) is 14.8. The fourth-order valence-corrected chi connectivity index (χ4v) is 1.70. The Balaban J connectivity index is 2.52. The summed E-state index contributed by atoms with van der Waals surface area (Å²) in [5.74, 6) is 0.0694. The average Bonchev–Trinajstić information content (AvgIpc) is 2.45. The minimum Gasteiger partial charge on any atom is -0.494 e. The highest BCUT2D eigenvalue weighted by atomic mass is 16.5. The molecule has 0 heterocycles. The molecule has 0 saturated carbocycles. The molecule has 0 aliphatic rings. The van der Waals surface area contributed by atoms with Crippen molar-refractivity contribution in [2.75, 3.05) is 6.61 Å². The molecule has 1 aromatic rings. The number of rotatable bonds is 8. The highest BCUT2D eigenvalue weighted by Gasteiger charge is 2.03. The Morgan fingerprint density at radius 2 is 2.00 bits per heavy atom. The van der Waals surface area contributed by atoms with E-state index in [0.29, 0.717) is 6.61 Å². The predicted molar refractivity (Wildman–Crippen MR) is 78.9 cm³/mol. The van der Waals surface area contributed by atoms with Crippen molar-refractivity contribution < 1.29 is 9.53 Å². The lowest BCUT2D eigenvalue weighted by Gasteiger charge is -2.06. The van der Waals surface area contributed by atoms with Crippen molar-refractivity contribution in [2.45, 2.75) is 32.6 Å². The van der Waals surface area contributed by atoms with E-state index < -0.39 is 5.91 Å². The van der Waals surface area contributed by atoms with Gasteiger partial charge in [-0.3, -0.25) is 4.79 Å². The maximum atomic E-state index is 10.9. The van der Waals surface area contributed by atoms with Gasteiger partial charge in [0, 0.05) is 0 Å². The molecule has 1 rings (SSSR count). The summed E-state index contributed by atoms with van der Waals surface area (Å²) in [5, 5.41) is 8.76. The van der Waals surface area contributed by atoms with Crippen molar-refractivity contribution in [3.8, 4) is 11.8 Å². The Hall–Kier alpha value is -2.28. The quantitative estimate of drug-likeness (QED) is 0.449. The molecule has 20 heavy (non-hydrogen) atoms. The van der Waals surface area contributed by atoms with Crippen LogP contribution in [0, 0.1) is 11.3 Å². The summed E-state index contributed by atoms with van der Waals surface area (Å²) >= 11 is 0. The lowest BCUT2D eigenvalue weighted by atomic mass is 10.1. The van der Waals surface area contributed by atoms with Crippen LogP contribution in [0.2, 0.25) is 0 Å². The summed E-state index contributed by atoms with van der Waals surface area (Å²) in [6.07, 6.45) is 6.14. The predicted octanol–water partition coefficient (Wildman–Crippen LogP) is 3.04. The Kier molecular flexibility index (Phi) is 6.91. The summed E-state index contributed by atoms with van der Waals surface area (Å²) in [6, 6.07) is 9.00. The van der Waals surface area contributed by atoms with Gasteiger partial charge in [-0.25, -0.2) is 0 Å². The zero-order valence-electron chi connectivity index (χ0n) is 11.8. The first-order valence-electron chi connectivity index (χ1n) is 6.82. The largest absolute Gasteiger partial charge is 0.494 e. The zero-order valence-corrected chi connectivity index (χ0v) is 11.8. The van der Waals surface area contributed by atoms with Crippen LogP contribution in [-0.4, -0.2) is 12.5 Å². The first-order chi connectivity index (χ1) is 9.67. The van der Waals surface area contributed by atoms with E-state index in [2.05, 4.69) is 6.92 Å². The van der Waals surface area contributed by atoms with Gasteiger partial charge in [0.2, 0.25) is 0 Å². The smallest absolute Gasteiger partial charge is 0.259 e. The fraction of sp³-hybridized carbons (Fsp3) is 0.375. The van der Waals surface area contributed by atoms with Crippen molar-refractivity contribution in [3.05, 3.63) is 35.4 Å². The molecule has 0 radical (unpaired) electrons. The molecule has 0 aliphatic heterocycles. The number of benzene rings is 1. The molecule has 4 heteroatoms. The molecular weight excluding hydrogens is 252 g/mol. The second kappa shape index (κ2) is 8.76. The first kappa shape index (κ1) is 15.8. The van der Waals surface area contributed by atoms with Crippen LogP contribution in [0.3, 0.4) is 0 Å². The molecule has 1 amide bonds. The maximum absolute atomic E-state index is 10.9. The molecule has 0 bridgehead atoms. The number of nitrogens with zero attached hydrogens (tertiary/aromatic N) is 1. The number of hydrogen-bond donors (Lipinski definition) is 1. The molecule has 0 unspecified atom stereocenters. The second-order valence-electron chi connectivity index (χ2n) is 4.51. The molecule has 1 aromatic carbocycles. The summed E-state index contributed by atoms with van der Waals surface area (Å²) in [6.45, 7) is 2.88. The number of ether oxygens (including phenoxy) is 1. The number of unbranched alkanes of at least 4 members (excludes halogenated alkanes) is 3. The summed E-state index contributed by atoms with van der Waals surface area (Å²) in [4.78, 5) is 10.9. The number of carbonyl (C=O) groups excluding carboxylic acids is 1. The molecule has 0 fully saturated rings. The van der Waals surface area contributed by atoms with Gasteiger partial charge in [-0.15, -0.1) is 0 Å². The van der Waals surface area contributed by atoms with E-state index in [9.17, 15) is 4.79 Å². The standard InChI is InChI=1S/C16H20N2O2/c1-2-3-4-5-10-20-15-8-6-13(7-9-15)11-14(12-17)16(18)19/h6-9,11H,2-5,10H2,1H3,(H2,18,19)/b14-11+. The van der Waals surface area contributed by atoms with Gasteiger partial charge in [0.05, 0.1) is 6.61 Å². The normalized spacial score (nSPS) is 10.9. The van der Waals surface area contributed by atoms with Crippen LogP contribution in [0.5, 0.6) is 5.75 Å². The Morgan fingerprint density at radius 3 is 2.55 bits per heavy atom. The molecule has 0 saturated heterocycles. The minimum atomic E-state index is -0.719. The van der Waals surface area contributed by atoms with Crippen LogP contribution in [0.25, 0.3) is 6.08 Å². The maximum Gasteiger partial charge on any atom is 0.259 e. The highest BCUT2D eigenvalue weighted by molar-refractivity contribution is 6.00. The van der Waals surface area contributed by atoms with Gasteiger partial charge in [-0.05, 0) is 30.2 Å². The SMILES string of the molecule is CCCCCCOc1ccc(/C=C(\C#N)C(N)=O)cc1. The number of primary amides is 1. The third-order valence-corrected chi connectivity index (χ3v) is 2.84. The lowest BCUT2D eigenvalue weighted by Crippen LogP contribution is -2.12. The average molecular weight is 272 g/mol. The molecule has 2 N–H and O–H groups in total. The monoisotopic (exact) mass is 272 g/mol. The Morgan fingerprint density at radius 1 is 1.30 bits per heavy atom. The van der Waals surface area contributed by atoms with Crippen molar-refractivity contribution in [1.29, 1.82) is 5.26 Å². The van der Waals surface area contributed by atoms with Crippen LogP contribution in [0.15, 0.2) is 29.8 Å². The molecular formula is C16H20N2O2. The first-order valence-corrected chi connectivity index (χ1v) is 6.82. The van der Waals surface area contributed by atoms with Gasteiger partial charge in [0.1, 0.15) is 17.4 Å². The number of nitriles is 1. The lowest BCUT2D eigenvalue weighted by molar-refractivity contribution is -0.114. The molecule has 0 aromatic heterocycles. The molecule has 0 aliphatic carbocycles. The van der Waals surface area contributed by atoms with Gasteiger partial charge < -0.3 is 10.5 Å². The van der Waals surface area contributed by atoms with Crippen molar-refractivity contribution in [1.82, 2.24) is 0 Å². The van der Waals surface area contributed by atoms with Crippen molar-refractivity contribution in [3.63, 3.8) is 0 Å². The summed E-state index contributed by atoms with van der Waals surface area (Å²) in [5.41, 5.74) is 5.77. The molecule has 4 nitrogen and oxygen atoms in total. The van der Waals surface area contributed by atoms with Crippen molar-refractivity contribution in [2.24, 2.45) is 5.73 Å². The van der Waals surface area contributed by atoms with E-state index in [1.54, 1.807) is 18.2 Å². The molecule has 0 atom stereocenters. The van der Waals surface area contributed by atoms with Crippen LogP contribution in [0.4, 0.5) is 0 Å². The van der Waals surface area contributed by atoms with Crippen LogP contribution < -0.4 is 10.5 Å². The third kappa shape index (κ3) is 5.57. The van der Waals surface area contributed by atoms with Gasteiger partial charge in [-0.2, -0.15) is 5.26 Å². The van der Waals surface area contributed by atoms with Crippen molar-refractivity contribution >= 4 is 12.0 Å². The van der Waals surface area contributed by atoms with E-state index >= 15 is 0 Å². The van der Waals surface area contributed by atoms with E-state index in [0.717, 1.165) is 17.7 Å². The number of carbonyl (C=O) groups is 1. The summed E-state index contributed by atoms with van der Waals surface area (Å²) < 4.78 is 5.61. The van der Waals surface area contributed by atoms with Gasteiger partial charge in [-0.1, -0.05) is 38.3 Å². The topological polar surface area (TPSA) is 76.1 Å². The number of nitrogens with two attached hydrogens (primary N) is 1. The fourth-order valence-electron chi connectivity index (χ4n) is 1.70. The van der Waals surface area contributed by atoms with Gasteiger partial charge in [0.15, 0.2) is 0 Å². The Labute approximate surface area is 119 Å². The molecule has 106 valence electrons. The highest BCUT2D eigenvalue weighted by Crippen LogP contribution is 2.15. The summed E-state index contributed by atoms with van der Waals surface area (Å²) in [7, 11) is 0. The Bertz CT molecular complexity index is 498. The minimum absolute atomic E-state index is 0.0572. The number of amides is 1. The number of hydrogen-bond acceptors (Lipinski definition) is 3.